The molecule has 0 bridgehead atoms. The third-order valence-corrected chi connectivity index (χ3v) is 11.3. The van der Waals surface area contributed by atoms with E-state index in [1.54, 1.807) is 0 Å². The van der Waals surface area contributed by atoms with Gasteiger partial charge in [0, 0.05) is 24.9 Å². The Hall–Kier alpha value is -0.240. The quantitative estimate of drug-likeness (QED) is 0.576. The maximum atomic E-state index is 6.72. The van der Waals surface area contributed by atoms with E-state index in [0.717, 1.165) is 38.9 Å². The van der Waals surface area contributed by atoms with Crippen LogP contribution < -0.4 is 11.5 Å². The van der Waals surface area contributed by atoms with Crippen LogP contribution in [-0.2, 0) is 18.9 Å². The van der Waals surface area contributed by atoms with Gasteiger partial charge in [0.2, 0.25) is 0 Å². The van der Waals surface area contributed by atoms with Crippen molar-refractivity contribution in [2.75, 3.05) is 39.5 Å². The third kappa shape index (κ3) is 3.73. The van der Waals surface area contributed by atoms with Gasteiger partial charge in [-0.2, -0.15) is 0 Å². The fourth-order valence-electron chi connectivity index (χ4n) is 9.87. The van der Waals surface area contributed by atoms with Crippen molar-refractivity contribution in [3.63, 3.8) is 0 Å². The molecule has 4 aliphatic carbocycles. The summed E-state index contributed by atoms with van der Waals surface area (Å²) in [5.41, 5.74) is 12.0. The molecule has 1 spiro atoms. The first-order chi connectivity index (χ1) is 16.3. The van der Waals surface area contributed by atoms with Gasteiger partial charge in [-0.05, 0) is 79.4 Å². The van der Waals surface area contributed by atoms with Gasteiger partial charge in [-0.3, -0.25) is 0 Å². The zero-order chi connectivity index (χ0) is 24.1. The van der Waals surface area contributed by atoms with E-state index < -0.39 is 5.79 Å². The molecule has 34 heavy (non-hydrogen) atoms. The molecule has 1 saturated heterocycles. The Morgan fingerprint density at radius 1 is 0.912 bits per heavy atom. The lowest BCUT2D eigenvalue weighted by Gasteiger charge is -2.66. The second-order valence-corrected chi connectivity index (χ2v) is 12.8. The van der Waals surface area contributed by atoms with Crippen molar-refractivity contribution in [3.05, 3.63) is 0 Å². The van der Waals surface area contributed by atoms with Gasteiger partial charge in [-0.15, -0.1) is 0 Å². The van der Waals surface area contributed by atoms with Gasteiger partial charge in [-0.25, -0.2) is 0 Å². The highest BCUT2D eigenvalue weighted by Crippen LogP contribution is 2.72. The van der Waals surface area contributed by atoms with Gasteiger partial charge >= 0.3 is 0 Å². The van der Waals surface area contributed by atoms with Crippen LogP contribution in [0.15, 0.2) is 0 Å². The molecule has 196 valence electrons. The predicted molar refractivity (Wildman–Crippen MR) is 133 cm³/mol. The number of fused-ring (bicyclic) bond motifs is 6. The zero-order valence-electron chi connectivity index (χ0n) is 22.1. The summed E-state index contributed by atoms with van der Waals surface area (Å²) in [5.74, 6) is 3.08. The minimum atomic E-state index is -0.444. The molecule has 0 aromatic rings. The van der Waals surface area contributed by atoms with E-state index in [1.807, 2.05) is 0 Å². The van der Waals surface area contributed by atoms with Crippen LogP contribution in [0.1, 0.15) is 72.6 Å². The molecular formula is C28H50N2O4. The fraction of sp³-hybridized carbons (Fsp3) is 1.00. The normalized spacial score (nSPS) is 47.6. The van der Waals surface area contributed by atoms with E-state index in [0.29, 0.717) is 67.9 Å². The number of hydrogen-bond acceptors (Lipinski definition) is 6. The molecule has 4 saturated carbocycles. The smallest absolute Gasteiger partial charge is 0.174 e. The molecule has 5 aliphatic rings. The van der Waals surface area contributed by atoms with Crippen LogP contribution >= 0.6 is 0 Å². The molecule has 9 atom stereocenters. The average Bonchev–Trinajstić information content (AvgIpc) is 3.43. The molecule has 0 aromatic carbocycles. The molecule has 4 N–H and O–H groups in total. The Bertz CT molecular complexity index is 713. The molecule has 1 heterocycles. The SMILES string of the molecule is CC(C)[C@H]1CC[C@H]2C3[C@H](OCCN)CC4CC(OCCN)CC[C@]4(C)[C@H]3CC3(OCCO3)[C@]12C. The number of hydrogen-bond donors (Lipinski definition) is 2. The van der Waals surface area contributed by atoms with Gasteiger partial charge in [0.1, 0.15) is 0 Å². The molecule has 0 radical (unpaired) electrons. The number of ether oxygens (including phenoxy) is 4. The Kier molecular flexibility index (Phi) is 7.15. The molecule has 3 unspecified atom stereocenters. The minimum Gasteiger partial charge on any atom is -0.377 e. The lowest BCUT2D eigenvalue weighted by molar-refractivity contribution is -0.325. The number of nitrogens with two attached hydrogens (primary N) is 2. The van der Waals surface area contributed by atoms with E-state index >= 15 is 0 Å². The highest BCUT2D eigenvalue weighted by atomic mass is 16.7. The zero-order valence-corrected chi connectivity index (χ0v) is 22.1. The van der Waals surface area contributed by atoms with Crippen LogP contribution in [0.25, 0.3) is 0 Å². The Morgan fingerprint density at radius 2 is 1.62 bits per heavy atom. The fourth-order valence-corrected chi connectivity index (χ4v) is 9.87. The van der Waals surface area contributed by atoms with E-state index in [2.05, 4.69) is 27.7 Å². The molecule has 0 aromatic heterocycles. The van der Waals surface area contributed by atoms with Crippen molar-refractivity contribution >= 4 is 0 Å². The lowest BCUT2D eigenvalue weighted by atomic mass is 9.42. The standard InChI is InChI=1S/C28H50N2O4/c1-18(2)21-5-6-22-25-23(17-28(27(21,22)4)33-13-14-34-28)26(3)8-7-20(31-11-9-29)15-19(26)16-24(25)32-12-10-30/h18-25H,5-17,29-30H2,1-4H3/t19?,20?,21-,22+,23+,24-,25?,26+,27-/m1/s1. The average molecular weight is 479 g/mol. The van der Waals surface area contributed by atoms with Crippen LogP contribution in [0.5, 0.6) is 0 Å². The molecule has 0 amide bonds. The predicted octanol–water partition coefficient (Wildman–Crippen LogP) is 3.95. The second-order valence-electron chi connectivity index (χ2n) is 12.8. The van der Waals surface area contributed by atoms with Crippen molar-refractivity contribution in [2.45, 2.75) is 90.6 Å². The Balaban J connectivity index is 1.52. The summed E-state index contributed by atoms with van der Waals surface area (Å²) in [7, 11) is 0. The summed E-state index contributed by atoms with van der Waals surface area (Å²) >= 11 is 0. The van der Waals surface area contributed by atoms with Crippen molar-refractivity contribution in [1.82, 2.24) is 0 Å². The molecular weight excluding hydrogens is 428 g/mol. The van der Waals surface area contributed by atoms with Gasteiger partial charge in [0.05, 0.1) is 38.6 Å². The molecule has 5 rings (SSSR count). The molecule has 1 aliphatic heterocycles. The first-order valence-electron chi connectivity index (χ1n) is 14.2. The van der Waals surface area contributed by atoms with Crippen LogP contribution in [-0.4, -0.2) is 57.5 Å². The van der Waals surface area contributed by atoms with Gasteiger partial charge in [0.25, 0.3) is 0 Å². The van der Waals surface area contributed by atoms with Gasteiger partial charge < -0.3 is 30.4 Å². The molecule has 5 fully saturated rings. The summed E-state index contributed by atoms with van der Waals surface area (Å²) < 4.78 is 26.2. The maximum absolute atomic E-state index is 6.72. The van der Waals surface area contributed by atoms with Crippen molar-refractivity contribution in [1.29, 1.82) is 0 Å². The van der Waals surface area contributed by atoms with E-state index in [-0.39, 0.29) is 16.9 Å². The lowest BCUT2D eigenvalue weighted by Crippen LogP contribution is -2.67. The highest BCUT2D eigenvalue weighted by Gasteiger charge is 2.72. The number of rotatable bonds is 7. The summed E-state index contributed by atoms with van der Waals surface area (Å²) in [6, 6.07) is 0. The van der Waals surface area contributed by atoms with Crippen molar-refractivity contribution in [3.8, 4) is 0 Å². The Morgan fingerprint density at radius 3 is 2.29 bits per heavy atom. The highest BCUT2D eigenvalue weighted by molar-refractivity contribution is 5.18. The first-order valence-corrected chi connectivity index (χ1v) is 14.2. The largest absolute Gasteiger partial charge is 0.377 e. The summed E-state index contributed by atoms with van der Waals surface area (Å²) in [4.78, 5) is 0. The van der Waals surface area contributed by atoms with Crippen LogP contribution in [0, 0.1) is 46.3 Å². The van der Waals surface area contributed by atoms with Crippen LogP contribution in [0.4, 0.5) is 0 Å². The van der Waals surface area contributed by atoms with E-state index in [4.69, 9.17) is 30.4 Å². The van der Waals surface area contributed by atoms with Crippen LogP contribution in [0.2, 0.25) is 0 Å². The maximum Gasteiger partial charge on any atom is 0.174 e. The third-order valence-electron chi connectivity index (χ3n) is 11.3. The molecule has 6 nitrogen and oxygen atoms in total. The van der Waals surface area contributed by atoms with E-state index in [9.17, 15) is 0 Å². The first kappa shape index (κ1) is 25.4. The van der Waals surface area contributed by atoms with Crippen molar-refractivity contribution < 1.29 is 18.9 Å². The van der Waals surface area contributed by atoms with E-state index in [1.165, 1.54) is 19.3 Å². The summed E-state index contributed by atoms with van der Waals surface area (Å²) in [6.45, 7) is 13.8. The van der Waals surface area contributed by atoms with Gasteiger partial charge in [0.15, 0.2) is 5.79 Å². The van der Waals surface area contributed by atoms with Crippen LogP contribution in [0.3, 0.4) is 0 Å². The monoisotopic (exact) mass is 478 g/mol. The summed E-state index contributed by atoms with van der Waals surface area (Å²) in [5, 5.41) is 0. The molecule has 6 heteroatoms. The van der Waals surface area contributed by atoms with Gasteiger partial charge in [-0.1, -0.05) is 27.7 Å². The van der Waals surface area contributed by atoms with Crippen molar-refractivity contribution in [2.24, 2.45) is 57.8 Å². The second kappa shape index (κ2) is 9.57. The summed E-state index contributed by atoms with van der Waals surface area (Å²) in [6.07, 6.45) is 8.75. The topological polar surface area (TPSA) is 89.0 Å². The Labute approximate surface area is 207 Å². The minimum absolute atomic E-state index is 0.0355.